The molecular formula is C13H17BrN2O. The van der Waals surface area contributed by atoms with E-state index >= 15 is 0 Å². The number of carbonyl (C=O) groups excluding carboxylic acids is 1. The molecule has 2 aliphatic rings. The lowest BCUT2D eigenvalue weighted by Gasteiger charge is -2.04. The fourth-order valence-electron chi connectivity index (χ4n) is 3.39. The van der Waals surface area contributed by atoms with Gasteiger partial charge in [-0.05, 0) is 47.5 Å². The van der Waals surface area contributed by atoms with Crippen LogP contribution >= 0.6 is 15.9 Å². The highest BCUT2D eigenvalue weighted by Crippen LogP contribution is 2.56. The molecule has 0 bridgehead atoms. The van der Waals surface area contributed by atoms with Crippen LogP contribution < -0.4 is 0 Å². The van der Waals surface area contributed by atoms with Gasteiger partial charge in [-0.1, -0.05) is 12.8 Å². The third-order valence-electron chi connectivity index (χ3n) is 4.29. The summed E-state index contributed by atoms with van der Waals surface area (Å²) in [6, 6.07) is 0. The fourth-order valence-corrected chi connectivity index (χ4v) is 3.88. The molecule has 17 heavy (non-hydrogen) atoms. The minimum atomic E-state index is 0.288. The number of Topliss-reactive ketones (excluding diaryl/α,β-unsaturated/α-hetero) is 1. The summed E-state index contributed by atoms with van der Waals surface area (Å²) in [6.45, 7) is 2.78. The summed E-state index contributed by atoms with van der Waals surface area (Å²) in [7, 11) is 0. The van der Waals surface area contributed by atoms with Crippen LogP contribution in [0.1, 0.15) is 43.1 Å². The van der Waals surface area contributed by atoms with Gasteiger partial charge in [0, 0.05) is 12.5 Å². The second-order valence-corrected chi connectivity index (χ2v) is 6.01. The Morgan fingerprint density at radius 1 is 1.47 bits per heavy atom. The fraction of sp³-hybridized carbons (Fsp3) is 0.692. The van der Waals surface area contributed by atoms with Crippen LogP contribution in [0.2, 0.25) is 0 Å². The van der Waals surface area contributed by atoms with Crippen LogP contribution in [0.25, 0.3) is 0 Å². The number of carbonyl (C=O) groups is 1. The van der Waals surface area contributed by atoms with Gasteiger partial charge in [-0.15, -0.1) is 0 Å². The second-order valence-electron chi connectivity index (χ2n) is 5.16. The molecule has 3 nitrogen and oxygen atoms in total. The summed E-state index contributed by atoms with van der Waals surface area (Å²) < 4.78 is 2.67. The lowest BCUT2D eigenvalue weighted by Crippen LogP contribution is -2.13. The van der Waals surface area contributed by atoms with E-state index in [2.05, 4.69) is 21.0 Å². The maximum Gasteiger partial charge on any atom is 0.185 e. The van der Waals surface area contributed by atoms with Crippen LogP contribution in [0.3, 0.4) is 0 Å². The van der Waals surface area contributed by atoms with E-state index in [0.717, 1.165) is 16.7 Å². The molecule has 0 radical (unpaired) electrons. The molecule has 2 aliphatic carbocycles. The van der Waals surface area contributed by atoms with Crippen molar-refractivity contribution in [3.05, 3.63) is 16.4 Å². The highest BCUT2D eigenvalue weighted by Gasteiger charge is 2.55. The summed E-state index contributed by atoms with van der Waals surface area (Å²) in [5.41, 5.74) is 0.784. The molecule has 2 unspecified atom stereocenters. The molecule has 0 aromatic carbocycles. The van der Waals surface area contributed by atoms with Crippen molar-refractivity contribution >= 4 is 21.7 Å². The number of hydrogen-bond acceptors (Lipinski definition) is 2. The van der Waals surface area contributed by atoms with Crippen molar-refractivity contribution in [3.63, 3.8) is 0 Å². The van der Waals surface area contributed by atoms with E-state index in [9.17, 15) is 4.79 Å². The number of aryl methyl sites for hydroxylation is 1. The average Bonchev–Trinajstić information content (AvgIpc) is 2.96. The number of fused-ring (bicyclic) bond motifs is 1. The molecule has 2 atom stereocenters. The molecule has 0 spiro atoms. The Morgan fingerprint density at radius 3 is 2.71 bits per heavy atom. The Kier molecular flexibility index (Phi) is 2.85. The van der Waals surface area contributed by atoms with Crippen molar-refractivity contribution in [1.29, 1.82) is 0 Å². The molecule has 1 aromatic heterocycles. The summed E-state index contributed by atoms with van der Waals surface area (Å²) in [6.07, 6.45) is 6.85. The van der Waals surface area contributed by atoms with E-state index in [1.165, 1.54) is 25.7 Å². The Bertz CT molecular complexity index is 442. The highest BCUT2D eigenvalue weighted by atomic mass is 79.9. The van der Waals surface area contributed by atoms with Gasteiger partial charge in [-0.2, -0.15) is 5.10 Å². The quantitative estimate of drug-likeness (QED) is 0.802. The largest absolute Gasteiger partial charge is 0.292 e. The van der Waals surface area contributed by atoms with Gasteiger partial charge < -0.3 is 0 Å². The van der Waals surface area contributed by atoms with Crippen LogP contribution in [0.15, 0.2) is 10.7 Å². The SMILES string of the molecule is CCn1ncc(Br)c1C(=O)C1C2CCCCC21. The van der Waals surface area contributed by atoms with Gasteiger partial charge in [-0.3, -0.25) is 9.48 Å². The first-order valence-corrected chi connectivity index (χ1v) is 7.29. The Labute approximate surface area is 110 Å². The number of halogens is 1. The van der Waals surface area contributed by atoms with E-state index in [4.69, 9.17) is 0 Å². The number of rotatable bonds is 3. The van der Waals surface area contributed by atoms with Crippen LogP contribution in [0, 0.1) is 17.8 Å². The van der Waals surface area contributed by atoms with Gasteiger partial charge in [-0.25, -0.2) is 0 Å². The van der Waals surface area contributed by atoms with Crippen molar-refractivity contribution in [2.75, 3.05) is 0 Å². The number of hydrogen-bond donors (Lipinski definition) is 0. The molecule has 3 rings (SSSR count). The van der Waals surface area contributed by atoms with E-state index in [1.807, 2.05) is 11.6 Å². The number of ketones is 1. The maximum absolute atomic E-state index is 12.5. The summed E-state index contributed by atoms with van der Waals surface area (Å²) in [4.78, 5) is 12.5. The molecule has 1 aromatic rings. The topological polar surface area (TPSA) is 34.9 Å². The predicted molar refractivity (Wildman–Crippen MR) is 68.9 cm³/mol. The van der Waals surface area contributed by atoms with Crippen LogP contribution in [-0.2, 0) is 6.54 Å². The van der Waals surface area contributed by atoms with Gasteiger partial charge in [0.1, 0.15) is 5.69 Å². The third-order valence-corrected chi connectivity index (χ3v) is 4.87. The lowest BCUT2D eigenvalue weighted by atomic mass is 10.0. The third kappa shape index (κ3) is 1.77. The van der Waals surface area contributed by atoms with Crippen molar-refractivity contribution in [2.24, 2.45) is 17.8 Å². The van der Waals surface area contributed by atoms with Gasteiger partial charge in [0.15, 0.2) is 5.78 Å². The molecule has 0 N–H and O–H groups in total. The average molecular weight is 297 g/mol. The molecule has 0 amide bonds. The summed E-state index contributed by atoms with van der Waals surface area (Å²) in [5, 5.41) is 4.23. The van der Waals surface area contributed by atoms with Crippen LogP contribution in [-0.4, -0.2) is 15.6 Å². The number of aromatic nitrogens is 2. The summed E-state index contributed by atoms with van der Waals surface area (Å²) in [5.74, 6) is 1.94. The highest BCUT2D eigenvalue weighted by molar-refractivity contribution is 9.10. The van der Waals surface area contributed by atoms with Gasteiger partial charge in [0.2, 0.25) is 0 Å². The smallest absolute Gasteiger partial charge is 0.185 e. The second kappa shape index (κ2) is 4.23. The van der Waals surface area contributed by atoms with E-state index < -0.39 is 0 Å². The normalized spacial score (nSPS) is 31.1. The predicted octanol–water partition coefficient (Wildman–Crippen LogP) is 3.28. The molecule has 0 aliphatic heterocycles. The molecule has 92 valence electrons. The summed E-state index contributed by atoms with van der Waals surface area (Å²) >= 11 is 3.45. The zero-order chi connectivity index (χ0) is 12.0. The van der Waals surface area contributed by atoms with Crippen LogP contribution in [0.4, 0.5) is 0 Å². The first kappa shape index (κ1) is 11.5. The van der Waals surface area contributed by atoms with Crippen molar-refractivity contribution in [3.8, 4) is 0 Å². The number of nitrogens with zero attached hydrogens (tertiary/aromatic N) is 2. The molecule has 2 saturated carbocycles. The molecule has 2 fully saturated rings. The standard InChI is InChI=1S/C13H17BrN2O/c1-2-16-12(10(14)7-15-16)13(17)11-8-5-3-4-6-9(8)11/h7-9,11H,2-6H2,1H3. The van der Waals surface area contributed by atoms with Crippen molar-refractivity contribution in [2.45, 2.75) is 39.2 Å². The lowest BCUT2D eigenvalue weighted by molar-refractivity contribution is 0.0945. The van der Waals surface area contributed by atoms with Crippen LogP contribution in [0.5, 0.6) is 0 Å². The van der Waals surface area contributed by atoms with Gasteiger partial charge in [0.05, 0.1) is 10.7 Å². The van der Waals surface area contributed by atoms with E-state index in [0.29, 0.717) is 17.6 Å². The molecular weight excluding hydrogens is 280 g/mol. The molecule has 4 heteroatoms. The van der Waals surface area contributed by atoms with Gasteiger partial charge >= 0.3 is 0 Å². The first-order valence-electron chi connectivity index (χ1n) is 6.49. The van der Waals surface area contributed by atoms with Crippen molar-refractivity contribution in [1.82, 2.24) is 9.78 Å². The first-order chi connectivity index (χ1) is 8.24. The molecule has 1 heterocycles. The minimum absolute atomic E-state index is 0.288. The molecule has 0 saturated heterocycles. The zero-order valence-electron chi connectivity index (χ0n) is 10.0. The Hall–Kier alpha value is -0.640. The van der Waals surface area contributed by atoms with E-state index in [1.54, 1.807) is 6.20 Å². The maximum atomic E-state index is 12.5. The minimum Gasteiger partial charge on any atom is -0.292 e. The Morgan fingerprint density at radius 2 is 2.12 bits per heavy atom. The Balaban J connectivity index is 1.85. The van der Waals surface area contributed by atoms with E-state index in [-0.39, 0.29) is 5.92 Å². The van der Waals surface area contributed by atoms with Crippen molar-refractivity contribution < 1.29 is 4.79 Å². The van der Waals surface area contributed by atoms with Gasteiger partial charge in [0.25, 0.3) is 0 Å². The monoisotopic (exact) mass is 296 g/mol. The zero-order valence-corrected chi connectivity index (χ0v) is 11.6.